The van der Waals surface area contributed by atoms with Crippen molar-refractivity contribution in [2.45, 2.75) is 116 Å². The maximum atomic E-state index is 14.2. The van der Waals surface area contributed by atoms with Crippen molar-refractivity contribution in [3.8, 4) is 0 Å². The van der Waals surface area contributed by atoms with Crippen LogP contribution in [0.25, 0.3) is 0 Å². The minimum absolute atomic E-state index is 0.00712. The van der Waals surface area contributed by atoms with Crippen LogP contribution in [0, 0.1) is 17.3 Å². The fourth-order valence-corrected chi connectivity index (χ4v) is 6.68. The molecule has 4 rings (SSSR count). The van der Waals surface area contributed by atoms with Gasteiger partial charge in [0.2, 0.25) is 5.91 Å². The van der Waals surface area contributed by atoms with Crippen LogP contribution in [0.2, 0.25) is 0 Å². The molecule has 1 aliphatic carbocycles. The Morgan fingerprint density at radius 2 is 1.73 bits per heavy atom. The first-order valence-electron chi connectivity index (χ1n) is 16.0. The lowest BCUT2D eigenvalue weighted by Crippen LogP contribution is -2.45. The highest BCUT2D eigenvalue weighted by Crippen LogP contribution is 2.59. The monoisotopic (exact) mass is 613 g/mol. The zero-order valence-corrected chi connectivity index (χ0v) is 26.4. The number of hydrogen-bond donors (Lipinski definition) is 1. The van der Waals surface area contributed by atoms with Gasteiger partial charge in [-0.15, -0.1) is 0 Å². The van der Waals surface area contributed by atoms with Gasteiger partial charge in [0.15, 0.2) is 5.78 Å². The summed E-state index contributed by atoms with van der Waals surface area (Å²) in [7, 11) is 0. The molecular weight excluding hydrogens is 566 g/mol. The summed E-state index contributed by atoms with van der Waals surface area (Å²) in [5, 5.41) is 10.7. The smallest absolute Gasteiger partial charge is 0.338 e. The van der Waals surface area contributed by atoms with Gasteiger partial charge >= 0.3 is 17.9 Å². The zero-order chi connectivity index (χ0) is 32.1. The highest BCUT2D eigenvalue weighted by molar-refractivity contribution is 5.96. The summed E-state index contributed by atoms with van der Waals surface area (Å²) < 4.78 is 16.7. The summed E-state index contributed by atoms with van der Waals surface area (Å²) in [6, 6.07) is 7.57. The Bertz CT molecular complexity index is 1210. The number of ether oxygens (including phenoxy) is 3. The minimum Gasteiger partial charge on any atom is -0.466 e. The molecule has 0 bridgehead atoms. The van der Waals surface area contributed by atoms with E-state index in [1.165, 1.54) is 4.90 Å². The topological polar surface area (TPSA) is 137 Å². The van der Waals surface area contributed by atoms with E-state index in [0.717, 1.165) is 12.8 Å². The van der Waals surface area contributed by atoms with Gasteiger partial charge in [-0.25, -0.2) is 4.79 Å². The van der Waals surface area contributed by atoms with Gasteiger partial charge in [-0.1, -0.05) is 37.5 Å². The molecule has 1 aromatic carbocycles. The quantitative estimate of drug-likeness (QED) is 0.366. The lowest BCUT2D eigenvalue weighted by Gasteiger charge is -2.29. The largest absolute Gasteiger partial charge is 0.466 e. The van der Waals surface area contributed by atoms with Crippen LogP contribution >= 0.6 is 0 Å². The average molecular weight is 614 g/mol. The molecule has 44 heavy (non-hydrogen) atoms. The molecule has 0 spiro atoms. The number of Topliss-reactive ketones (excluding diaryl/α,β-unsaturated/α-hetero) is 1. The fraction of sp³-hybridized carbons (Fsp3) is 0.676. The second-order valence-corrected chi connectivity index (χ2v) is 13.6. The molecule has 242 valence electrons. The van der Waals surface area contributed by atoms with E-state index >= 15 is 0 Å². The van der Waals surface area contributed by atoms with Gasteiger partial charge in [0.1, 0.15) is 11.7 Å². The minimum atomic E-state index is -1.04. The van der Waals surface area contributed by atoms with E-state index in [2.05, 4.69) is 0 Å². The average Bonchev–Trinajstić information content (AvgIpc) is 3.46. The Balaban J connectivity index is 1.62. The van der Waals surface area contributed by atoms with Crippen LogP contribution in [0.15, 0.2) is 30.3 Å². The van der Waals surface area contributed by atoms with Crippen LogP contribution in [-0.2, 0) is 33.4 Å². The molecule has 1 aromatic rings. The van der Waals surface area contributed by atoms with Crippen molar-refractivity contribution in [1.82, 2.24) is 4.90 Å². The van der Waals surface area contributed by atoms with Gasteiger partial charge in [-0.3, -0.25) is 19.2 Å². The number of fused-ring (bicyclic) bond motifs is 2. The number of carbonyl (C=O) groups excluding carboxylic acids is 5. The molecule has 0 radical (unpaired) electrons. The number of esters is 3. The molecular formula is C34H47NO9. The van der Waals surface area contributed by atoms with Crippen LogP contribution in [0.3, 0.4) is 0 Å². The first kappa shape index (κ1) is 33.6. The molecule has 10 heteroatoms. The molecule has 10 nitrogen and oxygen atoms in total. The summed E-state index contributed by atoms with van der Waals surface area (Å²) in [5.74, 6) is -3.11. The molecule has 0 unspecified atom stereocenters. The summed E-state index contributed by atoms with van der Waals surface area (Å²) >= 11 is 0. The van der Waals surface area contributed by atoms with Crippen LogP contribution in [0.1, 0.15) is 102 Å². The molecule has 6 atom stereocenters. The Labute approximate surface area is 259 Å². The van der Waals surface area contributed by atoms with Gasteiger partial charge in [-0.05, 0) is 71.4 Å². The van der Waals surface area contributed by atoms with Crippen LogP contribution in [-0.4, -0.2) is 76.6 Å². The van der Waals surface area contributed by atoms with Gasteiger partial charge in [-0.2, -0.15) is 0 Å². The first-order chi connectivity index (χ1) is 20.8. The van der Waals surface area contributed by atoms with Gasteiger partial charge in [0.25, 0.3) is 0 Å². The SMILES string of the molecule is CCOC(=O)[C@]12CC(=O)[C@@H]3C[C@H](OC(=O)c4ccccc4)CN3C(=O)[C@@H](CC(=O)OC(C)(C)C)CCCCC[C@H](O)C[C@@H]1C2. The summed E-state index contributed by atoms with van der Waals surface area (Å²) in [6.07, 6.45) is 2.41. The van der Waals surface area contributed by atoms with Crippen LogP contribution in [0.4, 0.5) is 0 Å². The second-order valence-electron chi connectivity index (χ2n) is 13.6. The van der Waals surface area contributed by atoms with Crippen LogP contribution in [0.5, 0.6) is 0 Å². The molecule has 2 heterocycles. The van der Waals surface area contributed by atoms with Crippen molar-refractivity contribution in [2.75, 3.05) is 13.2 Å². The maximum Gasteiger partial charge on any atom is 0.338 e. The van der Waals surface area contributed by atoms with E-state index < -0.39 is 53.1 Å². The normalized spacial score (nSPS) is 29.8. The predicted molar refractivity (Wildman–Crippen MR) is 160 cm³/mol. The highest BCUT2D eigenvalue weighted by Gasteiger charge is 2.62. The summed E-state index contributed by atoms with van der Waals surface area (Å²) in [4.78, 5) is 68.6. The first-order valence-corrected chi connectivity index (χ1v) is 16.0. The molecule has 3 aliphatic rings. The number of nitrogens with zero attached hydrogens (tertiary/aromatic N) is 1. The molecule has 0 aromatic heterocycles. The number of aliphatic hydroxyl groups excluding tert-OH is 1. The third-order valence-electron chi connectivity index (χ3n) is 8.93. The number of aliphatic hydroxyl groups is 1. The molecule has 1 amide bonds. The van der Waals surface area contributed by atoms with Crippen molar-refractivity contribution in [2.24, 2.45) is 17.3 Å². The van der Waals surface area contributed by atoms with E-state index in [1.807, 2.05) is 0 Å². The lowest BCUT2D eigenvalue weighted by atomic mass is 9.90. The zero-order valence-electron chi connectivity index (χ0n) is 26.4. The number of hydrogen-bond acceptors (Lipinski definition) is 9. The van der Waals surface area contributed by atoms with Gasteiger partial charge in [0, 0.05) is 18.8 Å². The Hall–Kier alpha value is -3.27. The molecule has 1 saturated carbocycles. The predicted octanol–water partition coefficient (Wildman–Crippen LogP) is 4.40. The highest BCUT2D eigenvalue weighted by atomic mass is 16.6. The molecule has 1 N–H and O–H groups in total. The van der Waals surface area contributed by atoms with Gasteiger partial charge < -0.3 is 24.2 Å². The number of benzene rings is 1. The van der Waals surface area contributed by atoms with E-state index in [0.29, 0.717) is 37.7 Å². The van der Waals surface area contributed by atoms with Crippen LogP contribution < -0.4 is 0 Å². The summed E-state index contributed by atoms with van der Waals surface area (Å²) in [5.41, 5.74) is -1.41. The van der Waals surface area contributed by atoms with E-state index in [9.17, 15) is 29.1 Å². The number of rotatable bonds is 6. The van der Waals surface area contributed by atoms with E-state index in [4.69, 9.17) is 14.2 Å². The second kappa shape index (κ2) is 14.2. The lowest BCUT2D eigenvalue weighted by molar-refractivity contribution is -0.159. The Kier molecular flexibility index (Phi) is 10.9. The third kappa shape index (κ3) is 8.46. The Morgan fingerprint density at radius 1 is 1.02 bits per heavy atom. The Morgan fingerprint density at radius 3 is 2.41 bits per heavy atom. The molecule has 2 aliphatic heterocycles. The standard InChI is InChI=1S/C34H47NO9/c1-5-42-32(41)34-19-24(34)17-25(36)15-11-7-10-14-23(16-29(38)44-33(2,3)4)30(39)35-21-26(18-27(35)28(37)20-34)43-31(40)22-12-8-6-9-13-22/h6,8-9,12-13,23-27,36H,5,7,10-11,14-21H2,1-4H3/t23-,24-,25+,26+,27+,34-/m1/s1. The fourth-order valence-electron chi connectivity index (χ4n) is 6.68. The maximum absolute atomic E-state index is 14.2. The van der Waals surface area contributed by atoms with E-state index in [1.54, 1.807) is 58.0 Å². The number of carbonyl (C=O) groups is 5. The number of ketones is 1. The van der Waals surface area contributed by atoms with Crippen molar-refractivity contribution >= 4 is 29.6 Å². The van der Waals surface area contributed by atoms with Crippen molar-refractivity contribution in [1.29, 1.82) is 0 Å². The third-order valence-corrected chi connectivity index (χ3v) is 8.93. The van der Waals surface area contributed by atoms with Crippen molar-refractivity contribution in [3.63, 3.8) is 0 Å². The number of amides is 1. The molecule has 2 saturated heterocycles. The van der Waals surface area contributed by atoms with Crippen molar-refractivity contribution in [3.05, 3.63) is 35.9 Å². The van der Waals surface area contributed by atoms with Crippen molar-refractivity contribution < 1.29 is 43.3 Å². The van der Waals surface area contributed by atoms with Gasteiger partial charge in [0.05, 0.1) is 42.7 Å². The molecule has 3 fully saturated rings. The van der Waals surface area contributed by atoms with E-state index in [-0.39, 0.29) is 50.0 Å². The summed E-state index contributed by atoms with van der Waals surface area (Å²) in [6.45, 7) is 7.18.